The van der Waals surface area contributed by atoms with Gasteiger partial charge in [-0.3, -0.25) is 23.9 Å². The molecule has 15 nitrogen and oxygen atoms in total. The molecule has 6 heterocycles. The number of thiophene rings is 1. The van der Waals surface area contributed by atoms with Crippen LogP contribution in [0.4, 0.5) is 0 Å². The Bertz CT molecular complexity index is 3060. The number of aryl methyl sites for hydroxylation is 4. The number of rotatable bonds is 16. The van der Waals surface area contributed by atoms with Crippen LogP contribution in [0.15, 0.2) is 89.6 Å². The average Bonchev–Trinajstić information content (AvgIpc) is 4.11. The Morgan fingerprint density at radius 2 is 1.67 bits per heavy atom. The van der Waals surface area contributed by atoms with E-state index in [1.807, 2.05) is 88.0 Å². The Balaban J connectivity index is 0.767. The van der Waals surface area contributed by atoms with Crippen LogP contribution in [0.25, 0.3) is 15.4 Å². The van der Waals surface area contributed by atoms with Crippen molar-refractivity contribution >= 4 is 57.7 Å². The number of carbonyl (C=O) groups excluding carboxylic acids is 3. The lowest BCUT2D eigenvalue weighted by Crippen LogP contribution is -2.56. The van der Waals surface area contributed by atoms with Crippen molar-refractivity contribution in [1.82, 2.24) is 45.6 Å². The van der Waals surface area contributed by atoms with Crippen molar-refractivity contribution < 1.29 is 24.2 Å². The number of aliphatic hydroxyl groups is 1. The second-order valence-electron chi connectivity index (χ2n) is 20.6. The van der Waals surface area contributed by atoms with Crippen molar-refractivity contribution in [3.05, 3.63) is 140 Å². The lowest BCUT2D eigenvalue weighted by molar-refractivity contribution is -0.140. The van der Waals surface area contributed by atoms with Crippen LogP contribution in [-0.2, 0) is 20.8 Å². The number of aliphatic hydroxyl groups excluding tert-OH is 1. The first-order valence-electron chi connectivity index (χ1n) is 24.8. The van der Waals surface area contributed by atoms with E-state index < -0.39 is 29.6 Å². The molecule has 4 N–H and O–H groups in total. The molecule has 0 unspecified atom stereocenters. The molecular weight excluding hydrogens is 980 g/mol. The zero-order valence-corrected chi connectivity index (χ0v) is 44.9. The summed E-state index contributed by atoms with van der Waals surface area (Å²) in [6, 6.07) is 17.6. The highest BCUT2D eigenvalue weighted by Crippen LogP contribution is 2.40. The summed E-state index contributed by atoms with van der Waals surface area (Å²) < 4.78 is 8.29. The summed E-state index contributed by atoms with van der Waals surface area (Å²) in [5.41, 5.74) is 9.72. The average molecular weight is 1040 g/mol. The first kappa shape index (κ1) is 51.6. The van der Waals surface area contributed by atoms with E-state index in [1.54, 1.807) is 33.8 Å². The van der Waals surface area contributed by atoms with Gasteiger partial charge in [0.2, 0.25) is 23.6 Å². The van der Waals surface area contributed by atoms with Crippen LogP contribution in [0.1, 0.15) is 122 Å². The summed E-state index contributed by atoms with van der Waals surface area (Å²) >= 11 is 9.56. The minimum atomic E-state index is -0.844. The van der Waals surface area contributed by atoms with Crippen molar-refractivity contribution in [3.8, 4) is 21.3 Å². The van der Waals surface area contributed by atoms with Gasteiger partial charge in [-0.05, 0) is 86.9 Å². The summed E-state index contributed by atoms with van der Waals surface area (Å²) in [6.07, 6.45) is 2.96. The molecule has 2 aromatic carbocycles. The molecule has 4 aromatic heterocycles. The number of likely N-dealkylation sites (tertiary alicyclic amines) is 1. The highest BCUT2D eigenvalue weighted by molar-refractivity contribution is 7.15. The minimum absolute atomic E-state index is 0.0842. The molecule has 1 saturated carbocycles. The van der Waals surface area contributed by atoms with E-state index >= 15 is 0 Å². The van der Waals surface area contributed by atoms with Gasteiger partial charge in [0.25, 0.3) is 0 Å². The van der Waals surface area contributed by atoms with Crippen LogP contribution in [0, 0.1) is 33.1 Å². The molecule has 1 aliphatic carbocycles. The Hall–Kier alpha value is -6.27. The van der Waals surface area contributed by atoms with Crippen molar-refractivity contribution in [2.45, 2.75) is 136 Å². The van der Waals surface area contributed by atoms with Gasteiger partial charge in [-0.1, -0.05) is 75.3 Å². The fourth-order valence-electron chi connectivity index (χ4n) is 9.87. The summed E-state index contributed by atoms with van der Waals surface area (Å²) in [6.45, 7) is 20.4. The van der Waals surface area contributed by atoms with Gasteiger partial charge in [-0.15, -0.1) is 32.9 Å². The van der Waals surface area contributed by atoms with Gasteiger partial charge in [0.1, 0.15) is 29.0 Å². The summed E-state index contributed by atoms with van der Waals surface area (Å²) in [5, 5.41) is 31.1. The standard InChI is InChI=1S/C55H63ClN10O5S2/c1-29-33(5)73-54-48(29)49(37-15-17-39(56)18-16-37)61-43(52-64-63-34(6)66(52)54)26-46(69)60-40-23-42(24-40)71-47-22-35(20-21-57-47)10-19-45(68)62-51(55(7,8)9)53(70)65-27-41(67)25-44(65)31(3)59-30(2)36-11-13-38(14-12-36)50-32(4)58-28-72-50/h11-18,20-22,28,30,40-44,51,59,67H,3,10,19,23-27H2,1-2,4-9H3,(H,60,69)(H,62,68)/t30-,40-,41+,42+,43-,44-,51+/m0/s1. The molecule has 0 spiro atoms. The fraction of sp³-hybridized carbons (Fsp3) is 0.418. The SMILES string of the molecule is C=C(N[C@@H](C)c1ccc(-c2scnc2C)cc1)[C@@H]1C[C@@H](O)CN1C(=O)[C@@H](NC(=O)CCc1ccnc(O[C@H]2C[C@@H](NC(=O)C[C@@H]3N=C(c4ccc(Cl)cc4)c4c(sc(C)c4C)-n4c(C)nnc43)C2)c1)C(C)(C)C. The number of ether oxygens (including phenoxy) is 1. The number of hydrogen-bond acceptors (Lipinski definition) is 13. The highest BCUT2D eigenvalue weighted by Gasteiger charge is 2.43. The lowest BCUT2D eigenvalue weighted by Gasteiger charge is -2.36. The number of amides is 3. The van der Waals surface area contributed by atoms with E-state index in [4.69, 9.17) is 21.3 Å². The van der Waals surface area contributed by atoms with Gasteiger partial charge in [0, 0.05) is 83.3 Å². The van der Waals surface area contributed by atoms with Crippen LogP contribution in [-0.4, -0.2) is 95.1 Å². The second-order valence-corrected chi connectivity index (χ2v) is 23.1. The molecular formula is C55H63ClN10O5S2. The quantitative estimate of drug-likeness (QED) is 0.0728. The minimum Gasteiger partial charge on any atom is -0.474 e. The molecule has 3 aliphatic rings. The van der Waals surface area contributed by atoms with Gasteiger partial charge < -0.3 is 30.7 Å². The zero-order valence-electron chi connectivity index (χ0n) is 42.5. The van der Waals surface area contributed by atoms with Crippen LogP contribution in [0.3, 0.4) is 0 Å². The van der Waals surface area contributed by atoms with E-state index in [-0.39, 0.29) is 55.3 Å². The molecule has 3 amide bonds. The Morgan fingerprint density at radius 3 is 2.37 bits per heavy atom. The van der Waals surface area contributed by atoms with E-state index in [9.17, 15) is 19.5 Å². The number of nitrogens with zero attached hydrogens (tertiary/aromatic N) is 7. The number of halogens is 1. The van der Waals surface area contributed by atoms with Crippen LogP contribution in [0.5, 0.6) is 5.88 Å². The fourth-order valence-corrected chi connectivity index (χ4v) is 12.0. The van der Waals surface area contributed by atoms with Crippen molar-refractivity contribution in [1.29, 1.82) is 0 Å². The molecule has 2 fully saturated rings. The first-order chi connectivity index (χ1) is 34.8. The van der Waals surface area contributed by atoms with Gasteiger partial charge in [0.15, 0.2) is 5.82 Å². The monoisotopic (exact) mass is 1040 g/mol. The van der Waals surface area contributed by atoms with Crippen LogP contribution in [0.2, 0.25) is 5.02 Å². The van der Waals surface area contributed by atoms with E-state index in [0.29, 0.717) is 48.1 Å². The number of benzene rings is 2. The van der Waals surface area contributed by atoms with Crippen LogP contribution >= 0.6 is 34.3 Å². The number of pyridine rings is 1. The number of aliphatic imine (C=N–C) groups is 1. The van der Waals surface area contributed by atoms with Crippen molar-refractivity contribution in [3.63, 3.8) is 0 Å². The highest BCUT2D eigenvalue weighted by atomic mass is 35.5. The molecule has 73 heavy (non-hydrogen) atoms. The van der Waals surface area contributed by atoms with Crippen molar-refractivity contribution in [2.75, 3.05) is 6.54 Å². The molecule has 6 aromatic rings. The van der Waals surface area contributed by atoms with E-state index in [2.05, 4.69) is 80.8 Å². The maximum atomic E-state index is 14.4. The molecule has 0 radical (unpaired) electrons. The molecule has 1 saturated heterocycles. The number of fused-ring (bicyclic) bond motifs is 3. The van der Waals surface area contributed by atoms with Gasteiger partial charge in [-0.25, -0.2) is 9.97 Å². The number of thiazole rings is 1. The molecule has 382 valence electrons. The second kappa shape index (κ2) is 21.3. The molecule has 5 atom stereocenters. The third-order valence-electron chi connectivity index (χ3n) is 14.1. The largest absolute Gasteiger partial charge is 0.474 e. The molecule has 2 aliphatic heterocycles. The summed E-state index contributed by atoms with van der Waals surface area (Å²) in [4.78, 5) is 59.8. The number of carbonyl (C=O) groups is 3. The summed E-state index contributed by atoms with van der Waals surface area (Å²) in [5.74, 6) is 1.12. The van der Waals surface area contributed by atoms with Crippen molar-refractivity contribution in [2.24, 2.45) is 10.4 Å². The van der Waals surface area contributed by atoms with Crippen LogP contribution < -0.4 is 20.7 Å². The Kier molecular flexibility index (Phi) is 15.1. The Morgan fingerprint density at radius 1 is 0.945 bits per heavy atom. The maximum absolute atomic E-state index is 14.4. The third-order valence-corrected chi connectivity index (χ3v) is 16.5. The third kappa shape index (κ3) is 11.3. The van der Waals surface area contributed by atoms with Gasteiger partial charge in [-0.2, -0.15) is 0 Å². The molecule has 0 bridgehead atoms. The smallest absolute Gasteiger partial charge is 0.246 e. The molecule has 9 rings (SSSR count). The normalized spacial score (nSPS) is 20.2. The first-order valence-corrected chi connectivity index (χ1v) is 26.9. The predicted octanol–water partition coefficient (Wildman–Crippen LogP) is 9.03. The maximum Gasteiger partial charge on any atom is 0.246 e. The van der Waals surface area contributed by atoms with Gasteiger partial charge in [0.05, 0.1) is 40.4 Å². The number of aromatic nitrogens is 5. The van der Waals surface area contributed by atoms with Gasteiger partial charge >= 0.3 is 0 Å². The zero-order chi connectivity index (χ0) is 51.9. The molecule has 18 heteroatoms. The van der Waals surface area contributed by atoms with E-state index in [0.717, 1.165) is 60.5 Å². The number of nitrogens with one attached hydrogen (secondary N) is 3. The topological polar surface area (TPSA) is 189 Å². The Labute approximate surface area is 439 Å². The van der Waals surface area contributed by atoms with E-state index in [1.165, 1.54) is 4.88 Å². The number of hydrogen-bond donors (Lipinski definition) is 4. The summed E-state index contributed by atoms with van der Waals surface area (Å²) in [7, 11) is 0. The predicted molar refractivity (Wildman–Crippen MR) is 287 cm³/mol. The number of β-amino-alcohol motifs (C(OH)–C–C–N with tert-alkyl or cyclic N) is 1. The lowest BCUT2D eigenvalue weighted by atomic mass is 9.85.